The van der Waals surface area contributed by atoms with Crippen LogP contribution in [0.1, 0.15) is 31.7 Å². The van der Waals surface area contributed by atoms with Crippen molar-refractivity contribution in [2.24, 2.45) is 11.8 Å². The molecule has 5 nitrogen and oxygen atoms in total. The van der Waals surface area contributed by atoms with Gasteiger partial charge >= 0.3 is 0 Å². The van der Waals surface area contributed by atoms with Crippen LogP contribution in [0.5, 0.6) is 0 Å². The van der Waals surface area contributed by atoms with E-state index < -0.39 is 5.82 Å². The lowest BCUT2D eigenvalue weighted by molar-refractivity contribution is -0.117. The lowest BCUT2D eigenvalue weighted by atomic mass is 9.85. The number of hydrogen-bond donors (Lipinski definition) is 2. The molecule has 7 heteroatoms. The third-order valence-electron chi connectivity index (χ3n) is 4.95. The fourth-order valence-corrected chi connectivity index (χ4v) is 3.51. The van der Waals surface area contributed by atoms with E-state index in [0.717, 1.165) is 18.7 Å². The smallest absolute Gasteiger partial charge is 0.225 e. The van der Waals surface area contributed by atoms with Crippen molar-refractivity contribution in [3.05, 3.63) is 46.9 Å². The first-order valence-electron chi connectivity index (χ1n) is 8.99. The second kappa shape index (κ2) is 8.64. The number of aromatic nitrogens is 2. The number of nitrogens with zero attached hydrogens (tertiary/aromatic N) is 2. The molecule has 3 rings (SSSR count). The number of piperidine rings is 1. The predicted octanol–water partition coefficient (Wildman–Crippen LogP) is 3.69. The minimum Gasteiger partial charge on any atom is -0.316 e. The summed E-state index contributed by atoms with van der Waals surface area (Å²) in [4.78, 5) is 12.4. The van der Waals surface area contributed by atoms with E-state index in [1.54, 1.807) is 23.0 Å². The van der Waals surface area contributed by atoms with Gasteiger partial charge in [0.25, 0.3) is 0 Å². The number of benzene rings is 1. The molecule has 0 saturated carbocycles. The average Bonchev–Trinajstić information content (AvgIpc) is 3.05. The Hall–Kier alpha value is -1.92. The second-order valence-electron chi connectivity index (χ2n) is 6.96. The molecule has 1 aromatic carbocycles. The van der Waals surface area contributed by atoms with Gasteiger partial charge < -0.3 is 10.6 Å². The molecule has 0 aliphatic carbocycles. The maximum absolute atomic E-state index is 13.6. The number of halogens is 2. The molecule has 26 heavy (non-hydrogen) atoms. The van der Waals surface area contributed by atoms with E-state index in [1.165, 1.54) is 25.0 Å². The Labute approximate surface area is 157 Å². The molecular weight excluding hydrogens is 355 g/mol. The van der Waals surface area contributed by atoms with Crippen LogP contribution in [0.2, 0.25) is 5.02 Å². The van der Waals surface area contributed by atoms with E-state index in [0.29, 0.717) is 30.6 Å². The molecule has 2 N–H and O–H groups in total. The molecule has 1 saturated heterocycles. The number of amides is 1. The molecule has 1 fully saturated rings. The molecule has 2 unspecified atom stereocenters. The van der Waals surface area contributed by atoms with E-state index >= 15 is 0 Å². The van der Waals surface area contributed by atoms with Crippen molar-refractivity contribution in [3.8, 4) is 0 Å². The first-order chi connectivity index (χ1) is 12.5. The van der Waals surface area contributed by atoms with Gasteiger partial charge in [-0.1, -0.05) is 24.6 Å². The molecule has 2 aromatic rings. The van der Waals surface area contributed by atoms with Gasteiger partial charge in [0.2, 0.25) is 5.91 Å². The summed E-state index contributed by atoms with van der Waals surface area (Å²) in [5.41, 5.74) is 0.729. The van der Waals surface area contributed by atoms with Crippen LogP contribution in [0, 0.1) is 17.7 Å². The largest absolute Gasteiger partial charge is 0.316 e. The fraction of sp³-hybridized carbons (Fsp3) is 0.474. The van der Waals surface area contributed by atoms with Crippen molar-refractivity contribution >= 4 is 23.3 Å². The number of rotatable bonds is 6. The summed E-state index contributed by atoms with van der Waals surface area (Å²) in [6.07, 6.45) is 4.44. The van der Waals surface area contributed by atoms with Gasteiger partial charge in [0, 0.05) is 12.5 Å². The fourth-order valence-electron chi connectivity index (χ4n) is 3.39. The Bertz CT molecular complexity index is 758. The standard InChI is InChI=1S/C19H24ClFN4O/c1-13(15-3-2-7-22-11-15)9-19(26)24-18-6-8-23-25(18)12-14-4-5-16(20)17(21)10-14/h4-6,8,10,13,15,22H,2-3,7,9,11-12H2,1H3,(H,24,26). The van der Waals surface area contributed by atoms with Crippen molar-refractivity contribution in [3.63, 3.8) is 0 Å². The van der Waals surface area contributed by atoms with Gasteiger partial charge in [-0.05, 0) is 55.5 Å². The van der Waals surface area contributed by atoms with Crippen LogP contribution in [-0.4, -0.2) is 28.8 Å². The minimum atomic E-state index is -0.461. The molecular formula is C19H24ClFN4O. The highest BCUT2D eigenvalue weighted by molar-refractivity contribution is 6.30. The summed E-state index contributed by atoms with van der Waals surface area (Å²) < 4.78 is 15.2. The minimum absolute atomic E-state index is 0.0212. The average molecular weight is 379 g/mol. The second-order valence-corrected chi connectivity index (χ2v) is 7.37. The van der Waals surface area contributed by atoms with Crippen LogP contribution in [0.25, 0.3) is 0 Å². The summed E-state index contributed by atoms with van der Waals surface area (Å²) in [5.74, 6) is 0.990. The Morgan fingerprint density at radius 2 is 2.35 bits per heavy atom. The first-order valence-corrected chi connectivity index (χ1v) is 9.37. The molecule has 0 radical (unpaired) electrons. The highest BCUT2D eigenvalue weighted by Gasteiger charge is 2.22. The van der Waals surface area contributed by atoms with Crippen molar-refractivity contribution in [2.75, 3.05) is 18.4 Å². The van der Waals surface area contributed by atoms with Gasteiger partial charge in [-0.15, -0.1) is 0 Å². The highest BCUT2D eigenvalue weighted by Crippen LogP contribution is 2.23. The third kappa shape index (κ3) is 4.83. The summed E-state index contributed by atoms with van der Waals surface area (Å²) in [6, 6.07) is 6.40. The molecule has 1 aliphatic heterocycles. The van der Waals surface area contributed by atoms with Crippen LogP contribution < -0.4 is 10.6 Å². The van der Waals surface area contributed by atoms with E-state index in [4.69, 9.17) is 11.6 Å². The number of carbonyl (C=O) groups is 1. The lowest BCUT2D eigenvalue weighted by Crippen LogP contribution is -2.34. The van der Waals surface area contributed by atoms with Crippen molar-refractivity contribution < 1.29 is 9.18 Å². The summed E-state index contributed by atoms with van der Waals surface area (Å²) in [6.45, 7) is 4.54. The number of carbonyl (C=O) groups excluding carboxylic acids is 1. The summed E-state index contributed by atoms with van der Waals surface area (Å²) >= 11 is 5.72. The molecule has 1 aromatic heterocycles. The van der Waals surface area contributed by atoms with Gasteiger partial charge in [-0.25, -0.2) is 9.07 Å². The Kier molecular flexibility index (Phi) is 6.27. The van der Waals surface area contributed by atoms with E-state index in [9.17, 15) is 9.18 Å². The van der Waals surface area contributed by atoms with Crippen LogP contribution in [0.4, 0.5) is 10.2 Å². The van der Waals surface area contributed by atoms with Crippen molar-refractivity contribution in [1.29, 1.82) is 0 Å². The first kappa shape index (κ1) is 18.9. The quantitative estimate of drug-likeness (QED) is 0.806. The third-order valence-corrected chi connectivity index (χ3v) is 5.25. The molecule has 2 heterocycles. The topological polar surface area (TPSA) is 59.0 Å². The summed E-state index contributed by atoms with van der Waals surface area (Å²) in [7, 11) is 0. The SMILES string of the molecule is CC(CC(=O)Nc1ccnn1Cc1ccc(Cl)c(F)c1)C1CCCNC1. The van der Waals surface area contributed by atoms with E-state index in [2.05, 4.69) is 22.7 Å². The zero-order valence-corrected chi connectivity index (χ0v) is 15.6. The van der Waals surface area contributed by atoms with Gasteiger partial charge in [-0.3, -0.25) is 4.79 Å². The van der Waals surface area contributed by atoms with Gasteiger partial charge in [0.15, 0.2) is 0 Å². The highest BCUT2D eigenvalue weighted by atomic mass is 35.5. The van der Waals surface area contributed by atoms with Crippen LogP contribution in [0.15, 0.2) is 30.5 Å². The number of hydrogen-bond acceptors (Lipinski definition) is 3. The van der Waals surface area contributed by atoms with Crippen molar-refractivity contribution in [1.82, 2.24) is 15.1 Å². The Balaban J connectivity index is 1.59. The predicted molar refractivity (Wildman–Crippen MR) is 101 cm³/mol. The van der Waals surface area contributed by atoms with Gasteiger partial charge in [0.1, 0.15) is 11.6 Å². The molecule has 1 amide bonds. The van der Waals surface area contributed by atoms with E-state index in [-0.39, 0.29) is 10.9 Å². The normalized spacial score (nSPS) is 18.5. The Morgan fingerprint density at radius 1 is 1.50 bits per heavy atom. The lowest BCUT2D eigenvalue weighted by Gasteiger charge is -2.28. The van der Waals surface area contributed by atoms with Gasteiger partial charge in [-0.2, -0.15) is 5.10 Å². The zero-order chi connectivity index (χ0) is 18.5. The maximum atomic E-state index is 13.6. The molecule has 1 aliphatic rings. The molecule has 0 spiro atoms. The molecule has 140 valence electrons. The molecule has 2 atom stereocenters. The van der Waals surface area contributed by atoms with Crippen LogP contribution in [0.3, 0.4) is 0 Å². The Morgan fingerprint density at radius 3 is 3.08 bits per heavy atom. The summed E-state index contributed by atoms with van der Waals surface area (Å²) in [5, 5.41) is 10.6. The van der Waals surface area contributed by atoms with Gasteiger partial charge in [0.05, 0.1) is 17.8 Å². The monoisotopic (exact) mass is 378 g/mol. The number of nitrogens with one attached hydrogen (secondary N) is 2. The van der Waals surface area contributed by atoms with E-state index in [1.807, 2.05) is 0 Å². The van der Waals surface area contributed by atoms with Crippen molar-refractivity contribution in [2.45, 2.75) is 32.7 Å². The zero-order valence-electron chi connectivity index (χ0n) is 14.8. The van der Waals surface area contributed by atoms with Crippen LogP contribution >= 0.6 is 11.6 Å². The van der Waals surface area contributed by atoms with Crippen LogP contribution in [-0.2, 0) is 11.3 Å². The number of anilines is 1. The maximum Gasteiger partial charge on any atom is 0.225 e. The molecule has 0 bridgehead atoms.